The molecule has 6 nitrogen and oxygen atoms in total. The maximum atomic E-state index is 10.9. The average Bonchev–Trinajstić information content (AvgIpc) is 2.73. The van der Waals surface area contributed by atoms with Crippen LogP contribution in [0.25, 0.3) is 0 Å². The minimum atomic E-state index is -0.944. The molecule has 2 N–H and O–H groups in total. The zero-order valence-corrected chi connectivity index (χ0v) is 11.1. The number of carbonyl (C=O) groups is 1. The lowest BCUT2D eigenvalue weighted by atomic mass is 10.2. The highest BCUT2D eigenvalue weighted by molar-refractivity contribution is 5.88. The molecule has 2 heterocycles. The monoisotopic (exact) mass is 268 g/mol. The predicted octanol–water partition coefficient (Wildman–Crippen LogP) is 0.396. The molecule has 1 aromatic rings. The molecule has 0 atom stereocenters. The smallest absolute Gasteiger partial charge is 0.339 e. The van der Waals surface area contributed by atoms with Gasteiger partial charge in [0.05, 0.1) is 13.2 Å². The molecule has 19 heavy (non-hydrogen) atoms. The maximum absolute atomic E-state index is 10.9. The van der Waals surface area contributed by atoms with Crippen LogP contribution in [0, 0.1) is 6.92 Å². The topological polar surface area (TPSA) is 77.2 Å². The SMILES string of the molecule is Cc1oc(CN2CCN(CCO)CC2)cc1C(=O)O. The number of β-amino-alcohol motifs (C(OH)–C–C–N with tert-alkyl or cyclic N) is 1. The molecule has 0 aliphatic carbocycles. The van der Waals surface area contributed by atoms with E-state index in [0.717, 1.165) is 32.7 Å². The highest BCUT2D eigenvalue weighted by atomic mass is 16.4. The average molecular weight is 268 g/mol. The molecule has 0 spiro atoms. The van der Waals surface area contributed by atoms with Gasteiger partial charge in [0.25, 0.3) is 0 Å². The number of hydrogen-bond acceptors (Lipinski definition) is 5. The molecule has 0 saturated carbocycles. The minimum absolute atomic E-state index is 0.194. The second-order valence-electron chi connectivity index (χ2n) is 4.83. The van der Waals surface area contributed by atoms with Crippen LogP contribution in [-0.2, 0) is 6.54 Å². The minimum Gasteiger partial charge on any atom is -0.478 e. The lowest BCUT2D eigenvalue weighted by Crippen LogP contribution is -2.46. The van der Waals surface area contributed by atoms with Crippen LogP contribution in [0.2, 0.25) is 0 Å². The molecule has 0 aromatic carbocycles. The summed E-state index contributed by atoms with van der Waals surface area (Å²) in [4.78, 5) is 15.4. The Morgan fingerprint density at radius 2 is 1.95 bits per heavy atom. The second-order valence-corrected chi connectivity index (χ2v) is 4.83. The van der Waals surface area contributed by atoms with E-state index in [2.05, 4.69) is 9.80 Å². The summed E-state index contributed by atoms with van der Waals surface area (Å²) in [5.74, 6) is 0.215. The van der Waals surface area contributed by atoms with Crippen molar-refractivity contribution >= 4 is 5.97 Å². The van der Waals surface area contributed by atoms with E-state index < -0.39 is 5.97 Å². The maximum Gasteiger partial charge on any atom is 0.339 e. The van der Waals surface area contributed by atoms with Crippen LogP contribution < -0.4 is 0 Å². The zero-order valence-electron chi connectivity index (χ0n) is 11.1. The van der Waals surface area contributed by atoms with E-state index in [1.54, 1.807) is 13.0 Å². The van der Waals surface area contributed by atoms with E-state index >= 15 is 0 Å². The van der Waals surface area contributed by atoms with E-state index in [-0.39, 0.29) is 12.2 Å². The number of aromatic carboxylic acids is 1. The first-order valence-electron chi connectivity index (χ1n) is 6.48. The van der Waals surface area contributed by atoms with Crippen LogP contribution in [0.3, 0.4) is 0 Å². The molecule has 0 unspecified atom stereocenters. The number of aliphatic hydroxyl groups is 1. The van der Waals surface area contributed by atoms with Crippen LogP contribution in [0.15, 0.2) is 10.5 Å². The lowest BCUT2D eigenvalue weighted by Gasteiger charge is -2.33. The van der Waals surface area contributed by atoms with Gasteiger partial charge in [0.1, 0.15) is 17.1 Å². The van der Waals surface area contributed by atoms with Gasteiger partial charge in [-0.1, -0.05) is 0 Å². The number of aryl methyl sites for hydroxylation is 1. The third-order valence-electron chi connectivity index (χ3n) is 3.46. The summed E-state index contributed by atoms with van der Waals surface area (Å²) >= 11 is 0. The summed E-state index contributed by atoms with van der Waals surface area (Å²) in [6.07, 6.45) is 0. The predicted molar refractivity (Wildman–Crippen MR) is 69.2 cm³/mol. The number of hydrogen-bond donors (Lipinski definition) is 2. The lowest BCUT2D eigenvalue weighted by molar-refractivity contribution is 0.0695. The molecule has 1 aliphatic rings. The fraction of sp³-hybridized carbons (Fsp3) is 0.615. The standard InChI is InChI=1S/C13H20N2O4/c1-10-12(13(17)18)8-11(19-10)9-15-4-2-14(3-5-15)6-7-16/h8,16H,2-7,9H2,1H3,(H,17,18). The fourth-order valence-electron chi connectivity index (χ4n) is 2.37. The molecule has 1 aromatic heterocycles. The number of furan rings is 1. The highest BCUT2D eigenvalue weighted by Crippen LogP contribution is 2.17. The molecular weight excluding hydrogens is 248 g/mol. The van der Waals surface area contributed by atoms with Crippen molar-refractivity contribution in [2.45, 2.75) is 13.5 Å². The van der Waals surface area contributed by atoms with Crippen molar-refractivity contribution in [3.8, 4) is 0 Å². The number of rotatable bonds is 5. The van der Waals surface area contributed by atoms with Gasteiger partial charge in [-0.15, -0.1) is 0 Å². The quantitative estimate of drug-likeness (QED) is 0.805. The molecule has 1 fully saturated rings. The van der Waals surface area contributed by atoms with Gasteiger partial charge in [-0.3, -0.25) is 9.80 Å². The first-order chi connectivity index (χ1) is 9.10. The first kappa shape index (κ1) is 14.0. The van der Waals surface area contributed by atoms with E-state index in [1.165, 1.54) is 0 Å². The van der Waals surface area contributed by atoms with Gasteiger partial charge < -0.3 is 14.6 Å². The Kier molecular flexibility index (Phi) is 4.57. The van der Waals surface area contributed by atoms with Gasteiger partial charge in [0.15, 0.2) is 0 Å². The van der Waals surface area contributed by atoms with Crippen LogP contribution >= 0.6 is 0 Å². The van der Waals surface area contributed by atoms with Crippen LogP contribution in [0.5, 0.6) is 0 Å². The first-order valence-corrected chi connectivity index (χ1v) is 6.48. The van der Waals surface area contributed by atoms with Gasteiger partial charge in [0, 0.05) is 32.7 Å². The molecule has 2 rings (SSSR count). The Bertz CT molecular complexity index is 436. The summed E-state index contributed by atoms with van der Waals surface area (Å²) in [6.45, 7) is 6.88. The van der Waals surface area contributed by atoms with Crippen LogP contribution in [-0.4, -0.2) is 65.3 Å². The Morgan fingerprint density at radius 1 is 1.32 bits per heavy atom. The summed E-state index contributed by atoms with van der Waals surface area (Å²) in [5.41, 5.74) is 0.244. The van der Waals surface area contributed by atoms with Gasteiger partial charge >= 0.3 is 5.97 Å². The molecule has 1 saturated heterocycles. The van der Waals surface area contributed by atoms with E-state index in [4.69, 9.17) is 14.6 Å². The molecular formula is C13H20N2O4. The van der Waals surface area contributed by atoms with Crippen molar-refractivity contribution in [1.82, 2.24) is 9.80 Å². The second kappa shape index (κ2) is 6.18. The molecule has 0 amide bonds. The molecule has 0 radical (unpaired) electrons. The Morgan fingerprint density at radius 3 is 2.47 bits per heavy atom. The summed E-state index contributed by atoms with van der Waals surface area (Å²) in [7, 11) is 0. The van der Waals surface area contributed by atoms with Gasteiger partial charge in [-0.2, -0.15) is 0 Å². The van der Waals surface area contributed by atoms with E-state index in [9.17, 15) is 4.79 Å². The van der Waals surface area contributed by atoms with Crippen molar-refractivity contribution < 1.29 is 19.4 Å². The normalized spacial score (nSPS) is 17.8. The van der Waals surface area contributed by atoms with Crippen molar-refractivity contribution in [3.63, 3.8) is 0 Å². The number of carboxylic acids is 1. The third-order valence-corrected chi connectivity index (χ3v) is 3.46. The number of nitrogens with zero attached hydrogens (tertiary/aromatic N) is 2. The van der Waals surface area contributed by atoms with Crippen molar-refractivity contribution in [1.29, 1.82) is 0 Å². The van der Waals surface area contributed by atoms with E-state index in [0.29, 0.717) is 18.1 Å². The third kappa shape index (κ3) is 3.56. The Balaban J connectivity index is 1.89. The summed E-state index contributed by atoms with van der Waals surface area (Å²) in [6, 6.07) is 1.61. The summed E-state index contributed by atoms with van der Waals surface area (Å²) < 4.78 is 5.48. The summed E-state index contributed by atoms with van der Waals surface area (Å²) in [5, 5.41) is 17.9. The molecule has 6 heteroatoms. The molecule has 1 aliphatic heterocycles. The Hall–Kier alpha value is -1.37. The van der Waals surface area contributed by atoms with Crippen molar-refractivity contribution in [2.75, 3.05) is 39.3 Å². The van der Waals surface area contributed by atoms with Gasteiger partial charge in [-0.05, 0) is 13.0 Å². The van der Waals surface area contributed by atoms with Gasteiger partial charge in [-0.25, -0.2) is 4.79 Å². The Labute approximate surface area is 112 Å². The molecule has 0 bridgehead atoms. The zero-order chi connectivity index (χ0) is 13.8. The highest BCUT2D eigenvalue weighted by Gasteiger charge is 2.19. The largest absolute Gasteiger partial charge is 0.478 e. The van der Waals surface area contributed by atoms with Crippen molar-refractivity contribution in [3.05, 3.63) is 23.2 Å². The fourth-order valence-corrected chi connectivity index (χ4v) is 2.37. The number of carboxylic acid groups (broad SMARTS) is 1. The van der Waals surface area contributed by atoms with Crippen LogP contribution in [0.1, 0.15) is 21.9 Å². The van der Waals surface area contributed by atoms with Gasteiger partial charge in [0.2, 0.25) is 0 Å². The number of aliphatic hydroxyl groups excluding tert-OH is 1. The molecule has 106 valence electrons. The van der Waals surface area contributed by atoms with Crippen molar-refractivity contribution in [2.24, 2.45) is 0 Å². The van der Waals surface area contributed by atoms with E-state index in [1.807, 2.05) is 0 Å². The van der Waals surface area contributed by atoms with Crippen LogP contribution in [0.4, 0.5) is 0 Å². The number of piperazine rings is 1.